The first-order valence-corrected chi connectivity index (χ1v) is 13.3. The molecule has 0 saturated carbocycles. The normalized spacial score (nSPS) is 15.6. The highest BCUT2D eigenvalue weighted by atomic mass is 32.1. The summed E-state index contributed by atoms with van der Waals surface area (Å²) in [6.45, 7) is 5.47. The molecule has 1 aromatic heterocycles. The van der Waals surface area contributed by atoms with Gasteiger partial charge in [0.05, 0.1) is 13.2 Å². The zero-order chi connectivity index (χ0) is 26.2. The van der Waals surface area contributed by atoms with Crippen molar-refractivity contribution in [2.45, 2.75) is 25.4 Å². The number of rotatable bonds is 9. The van der Waals surface area contributed by atoms with E-state index in [1.165, 1.54) is 12.1 Å². The van der Waals surface area contributed by atoms with Crippen LogP contribution >= 0.6 is 11.3 Å². The molecule has 1 aliphatic heterocycles. The maximum atomic E-state index is 13.3. The van der Waals surface area contributed by atoms with Crippen molar-refractivity contribution in [1.82, 2.24) is 15.5 Å². The molecule has 2 heterocycles. The molecule has 1 fully saturated rings. The minimum absolute atomic E-state index is 0.0496. The third kappa shape index (κ3) is 7.08. The summed E-state index contributed by atoms with van der Waals surface area (Å²) >= 11 is 1.64. The molecule has 37 heavy (non-hydrogen) atoms. The van der Waals surface area contributed by atoms with E-state index in [0.29, 0.717) is 13.0 Å². The molecular weight excluding hydrogens is 491 g/mol. The summed E-state index contributed by atoms with van der Waals surface area (Å²) in [5.74, 6) is -0.729. The summed E-state index contributed by atoms with van der Waals surface area (Å²) in [7, 11) is 1.62. The fourth-order valence-corrected chi connectivity index (χ4v) is 5.62. The van der Waals surface area contributed by atoms with Crippen LogP contribution in [0, 0.1) is 5.82 Å². The average Bonchev–Trinajstić information content (AvgIpc) is 3.44. The van der Waals surface area contributed by atoms with Gasteiger partial charge in [-0.25, -0.2) is 4.39 Å². The van der Waals surface area contributed by atoms with Crippen LogP contribution < -0.4 is 20.3 Å². The number of thiophene rings is 1. The first-order valence-electron chi connectivity index (χ1n) is 12.4. The maximum Gasteiger partial charge on any atom is 0.309 e. The van der Waals surface area contributed by atoms with Crippen molar-refractivity contribution in [3.63, 3.8) is 0 Å². The number of ether oxygens (including phenoxy) is 1. The van der Waals surface area contributed by atoms with Crippen LogP contribution in [0.3, 0.4) is 0 Å². The van der Waals surface area contributed by atoms with Crippen LogP contribution in [0.25, 0.3) is 0 Å². The molecule has 1 aliphatic rings. The van der Waals surface area contributed by atoms with E-state index in [-0.39, 0.29) is 17.9 Å². The number of halogens is 1. The van der Waals surface area contributed by atoms with Gasteiger partial charge >= 0.3 is 11.8 Å². The third-order valence-corrected chi connectivity index (χ3v) is 7.57. The fraction of sp³-hybridized carbons (Fsp3) is 0.357. The van der Waals surface area contributed by atoms with Gasteiger partial charge in [-0.2, -0.15) is 0 Å². The lowest BCUT2D eigenvalue weighted by Gasteiger charge is -2.42. The van der Waals surface area contributed by atoms with Crippen LogP contribution in [0.4, 0.5) is 10.1 Å². The summed E-state index contributed by atoms with van der Waals surface area (Å²) in [4.78, 5) is 30.9. The van der Waals surface area contributed by atoms with E-state index in [0.717, 1.165) is 48.1 Å². The second-order valence-electron chi connectivity index (χ2n) is 9.08. The molecule has 3 aromatic rings. The minimum atomic E-state index is -0.633. The van der Waals surface area contributed by atoms with Gasteiger partial charge in [0.2, 0.25) is 0 Å². The molecule has 0 spiro atoms. The van der Waals surface area contributed by atoms with Gasteiger partial charge < -0.3 is 20.3 Å². The number of carbonyl (C=O) groups is 2. The Hall–Kier alpha value is -3.43. The van der Waals surface area contributed by atoms with Crippen LogP contribution in [0.1, 0.15) is 23.4 Å². The average molecular weight is 525 g/mol. The molecule has 2 atom stereocenters. The van der Waals surface area contributed by atoms with Gasteiger partial charge in [0, 0.05) is 49.3 Å². The Balaban J connectivity index is 1.31. The minimum Gasteiger partial charge on any atom is -0.497 e. The van der Waals surface area contributed by atoms with Crippen molar-refractivity contribution in [1.29, 1.82) is 0 Å². The first kappa shape index (κ1) is 26.6. The molecule has 9 heteroatoms. The van der Waals surface area contributed by atoms with E-state index < -0.39 is 11.8 Å². The Labute approximate surface area is 221 Å². The molecule has 4 rings (SSSR count). The highest BCUT2D eigenvalue weighted by Crippen LogP contribution is 2.30. The fourth-order valence-electron chi connectivity index (χ4n) is 4.66. The number of amides is 2. The Morgan fingerprint density at radius 3 is 2.32 bits per heavy atom. The number of piperazine rings is 1. The SMILES string of the molecule is COc1ccc(CCNC(=O)C(=O)N[C@@H](C)[C@H](c2cccs2)N2CCN(c3ccc(F)cc3)CC2)cc1. The number of hydrogen-bond acceptors (Lipinski definition) is 6. The Bertz CT molecular complexity index is 1150. The molecule has 0 radical (unpaired) electrons. The van der Waals surface area contributed by atoms with Gasteiger partial charge in [0.1, 0.15) is 11.6 Å². The van der Waals surface area contributed by atoms with Crippen molar-refractivity contribution in [3.8, 4) is 5.75 Å². The summed E-state index contributed by atoms with van der Waals surface area (Å²) in [6.07, 6.45) is 0.620. The topological polar surface area (TPSA) is 73.9 Å². The Morgan fingerprint density at radius 2 is 1.70 bits per heavy atom. The van der Waals surface area contributed by atoms with E-state index >= 15 is 0 Å². The molecule has 196 valence electrons. The lowest BCUT2D eigenvalue weighted by atomic mass is 10.0. The quantitative estimate of drug-likeness (QED) is 0.419. The van der Waals surface area contributed by atoms with Crippen LogP contribution in [-0.4, -0.2) is 62.6 Å². The molecule has 7 nitrogen and oxygen atoms in total. The monoisotopic (exact) mass is 524 g/mol. The van der Waals surface area contributed by atoms with Gasteiger partial charge in [0.15, 0.2) is 0 Å². The highest BCUT2D eigenvalue weighted by molar-refractivity contribution is 7.10. The number of hydrogen-bond donors (Lipinski definition) is 2. The second kappa shape index (κ2) is 12.7. The third-order valence-electron chi connectivity index (χ3n) is 6.63. The van der Waals surface area contributed by atoms with E-state index in [9.17, 15) is 14.0 Å². The molecule has 2 N–H and O–H groups in total. The predicted molar refractivity (Wildman–Crippen MR) is 145 cm³/mol. The van der Waals surface area contributed by atoms with Crippen molar-refractivity contribution in [2.75, 3.05) is 44.7 Å². The number of nitrogens with one attached hydrogen (secondary N) is 2. The van der Waals surface area contributed by atoms with E-state index in [1.807, 2.05) is 42.6 Å². The van der Waals surface area contributed by atoms with Gasteiger partial charge in [-0.05, 0) is 66.8 Å². The highest BCUT2D eigenvalue weighted by Gasteiger charge is 2.32. The smallest absolute Gasteiger partial charge is 0.309 e. The zero-order valence-electron chi connectivity index (χ0n) is 21.2. The molecular formula is C28H33FN4O3S. The molecule has 2 aromatic carbocycles. The number of benzene rings is 2. The summed E-state index contributed by atoms with van der Waals surface area (Å²) in [5, 5.41) is 7.67. The number of anilines is 1. The van der Waals surface area contributed by atoms with Crippen molar-refractivity contribution in [3.05, 3.63) is 82.3 Å². The summed E-state index contributed by atoms with van der Waals surface area (Å²) in [5.41, 5.74) is 2.05. The molecule has 0 unspecified atom stereocenters. The molecule has 2 amide bonds. The number of nitrogens with zero attached hydrogens (tertiary/aromatic N) is 2. The van der Waals surface area contributed by atoms with Gasteiger partial charge in [-0.15, -0.1) is 11.3 Å². The van der Waals surface area contributed by atoms with Crippen molar-refractivity contribution < 1.29 is 18.7 Å². The standard InChI is InChI=1S/C28H33FN4O3S/c1-20(31-28(35)27(34)30-14-13-21-5-11-24(36-2)12-6-21)26(25-4-3-19-37-25)33-17-15-32(16-18-33)23-9-7-22(29)8-10-23/h3-12,19-20,26H,13-18H2,1-2H3,(H,30,34)(H,31,35)/t20-,26+/m0/s1. The summed E-state index contributed by atoms with van der Waals surface area (Å²) < 4.78 is 18.5. The Morgan fingerprint density at radius 1 is 1.00 bits per heavy atom. The number of methoxy groups -OCH3 is 1. The van der Waals surface area contributed by atoms with Crippen LogP contribution in [0.5, 0.6) is 5.75 Å². The Kier molecular flexibility index (Phi) is 9.14. The predicted octanol–water partition coefficient (Wildman–Crippen LogP) is 3.62. The lowest BCUT2D eigenvalue weighted by molar-refractivity contribution is -0.139. The van der Waals surface area contributed by atoms with Gasteiger partial charge in [-0.3, -0.25) is 14.5 Å². The van der Waals surface area contributed by atoms with Gasteiger partial charge in [-0.1, -0.05) is 18.2 Å². The largest absolute Gasteiger partial charge is 0.497 e. The molecule has 1 saturated heterocycles. The van der Waals surface area contributed by atoms with E-state index in [4.69, 9.17) is 4.74 Å². The van der Waals surface area contributed by atoms with E-state index in [2.05, 4.69) is 26.5 Å². The van der Waals surface area contributed by atoms with E-state index in [1.54, 1.807) is 30.6 Å². The summed E-state index contributed by atoms with van der Waals surface area (Å²) in [6, 6.07) is 17.9. The van der Waals surface area contributed by atoms with Crippen LogP contribution in [0.2, 0.25) is 0 Å². The van der Waals surface area contributed by atoms with Crippen LogP contribution in [0.15, 0.2) is 66.0 Å². The molecule has 0 bridgehead atoms. The maximum absolute atomic E-state index is 13.3. The number of carbonyl (C=O) groups excluding carboxylic acids is 2. The lowest BCUT2D eigenvalue weighted by Crippen LogP contribution is -2.53. The van der Waals surface area contributed by atoms with Crippen molar-refractivity contribution in [2.24, 2.45) is 0 Å². The first-order chi connectivity index (χ1) is 17.9. The van der Waals surface area contributed by atoms with Crippen molar-refractivity contribution >= 4 is 28.8 Å². The van der Waals surface area contributed by atoms with Gasteiger partial charge in [0.25, 0.3) is 0 Å². The zero-order valence-corrected chi connectivity index (χ0v) is 22.0. The second-order valence-corrected chi connectivity index (χ2v) is 10.1. The van der Waals surface area contributed by atoms with Crippen LogP contribution in [-0.2, 0) is 16.0 Å². The molecule has 0 aliphatic carbocycles.